The third kappa shape index (κ3) is 4.46. The number of aromatic nitrogens is 1. The number of benzene rings is 9. The van der Waals surface area contributed by atoms with E-state index in [1.165, 1.54) is 94.9 Å². The summed E-state index contributed by atoms with van der Waals surface area (Å²) >= 11 is 3.73. The Morgan fingerprint density at radius 2 is 0.685 bits per heavy atom. The maximum Gasteiger partial charge on any atom is 0.0800 e. The van der Waals surface area contributed by atoms with Gasteiger partial charge in [0.05, 0.1) is 11.2 Å². The van der Waals surface area contributed by atoms with E-state index in [4.69, 9.17) is 4.98 Å². The molecule has 0 saturated heterocycles. The van der Waals surface area contributed by atoms with Crippen molar-refractivity contribution in [2.45, 2.75) is 0 Å². The zero-order valence-corrected chi connectivity index (χ0v) is 30.6. The van der Waals surface area contributed by atoms with Crippen molar-refractivity contribution in [2.24, 2.45) is 0 Å². The van der Waals surface area contributed by atoms with E-state index < -0.39 is 0 Å². The summed E-state index contributed by atoms with van der Waals surface area (Å²) in [6.07, 6.45) is 0. The summed E-state index contributed by atoms with van der Waals surface area (Å²) < 4.78 is 5.27. The highest BCUT2D eigenvalue weighted by Crippen LogP contribution is 2.44. The van der Waals surface area contributed by atoms with Gasteiger partial charge in [0.25, 0.3) is 0 Å². The Labute approximate surface area is 319 Å². The van der Waals surface area contributed by atoms with Crippen LogP contribution in [-0.4, -0.2) is 4.98 Å². The third-order valence-corrected chi connectivity index (χ3v) is 13.5. The van der Waals surface area contributed by atoms with Crippen molar-refractivity contribution in [3.05, 3.63) is 176 Å². The van der Waals surface area contributed by atoms with Crippen LogP contribution >= 0.6 is 22.7 Å². The minimum Gasteiger partial charge on any atom is -0.246 e. The lowest BCUT2D eigenvalue weighted by Crippen LogP contribution is -1.94. The van der Waals surface area contributed by atoms with Gasteiger partial charge in [0, 0.05) is 62.1 Å². The number of thiophene rings is 2. The summed E-state index contributed by atoms with van der Waals surface area (Å²) in [6, 6.07) is 65.0. The first-order valence-corrected chi connectivity index (χ1v) is 20.0. The number of fused-ring (bicyclic) bond motifs is 14. The third-order valence-electron chi connectivity index (χ3n) is 11.2. The Hall–Kier alpha value is -6.39. The summed E-state index contributed by atoms with van der Waals surface area (Å²) in [5, 5.41) is 13.7. The lowest BCUT2D eigenvalue weighted by molar-refractivity contribution is 1.44. The van der Waals surface area contributed by atoms with Crippen molar-refractivity contribution < 1.29 is 0 Å². The highest BCUT2D eigenvalue weighted by molar-refractivity contribution is 7.26. The summed E-state index contributed by atoms with van der Waals surface area (Å²) in [6.45, 7) is 0. The maximum atomic E-state index is 5.69. The quantitative estimate of drug-likeness (QED) is 0.166. The molecule has 0 radical (unpaired) electrons. The summed E-state index contributed by atoms with van der Waals surface area (Å²) in [7, 11) is 0. The first kappa shape index (κ1) is 30.1. The highest BCUT2D eigenvalue weighted by Gasteiger charge is 2.18. The fourth-order valence-corrected chi connectivity index (χ4v) is 10.9. The van der Waals surface area contributed by atoms with E-state index in [0.29, 0.717) is 0 Å². The first-order chi connectivity index (χ1) is 26.7. The molecule has 0 atom stereocenters. The van der Waals surface area contributed by atoms with E-state index in [1.807, 2.05) is 22.7 Å². The first-order valence-electron chi connectivity index (χ1n) is 18.4. The molecule has 3 heteroatoms. The van der Waals surface area contributed by atoms with Crippen molar-refractivity contribution in [3.63, 3.8) is 0 Å². The van der Waals surface area contributed by atoms with Gasteiger partial charge in [-0.25, -0.2) is 4.98 Å². The molecule has 3 heterocycles. The van der Waals surface area contributed by atoms with Crippen LogP contribution in [0.25, 0.3) is 117 Å². The van der Waals surface area contributed by atoms with Crippen LogP contribution in [0, 0.1) is 0 Å². The van der Waals surface area contributed by atoms with Crippen molar-refractivity contribution in [2.75, 3.05) is 0 Å². The molecule has 250 valence electrons. The van der Waals surface area contributed by atoms with E-state index in [2.05, 4.69) is 176 Å². The normalized spacial score (nSPS) is 12.1. The van der Waals surface area contributed by atoms with Gasteiger partial charge in [0.2, 0.25) is 0 Å². The van der Waals surface area contributed by atoms with Crippen LogP contribution in [0.2, 0.25) is 0 Å². The van der Waals surface area contributed by atoms with Gasteiger partial charge in [0.1, 0.15) is 0 Å². The zero-order chi connectivity index (χ0) is 35.3. The Morgan fingerprint density at radius 3 is 1.26 bits per heavy atom. The standard InChI is InChI=1S/C51H29NS2/c1-3-15-39-35(11-1)36-12-2-5-17-41(36)51-49(39)40-16-4-6-18-42(40)50(52-51)34-26-32(30-21-23-47-43(28-30)37-13-7-9-19-45(37)53-47)25-33(27-34)31-22-24-48-44(29-31)38-14-8-10-20-46(38)54-48/h1-29H. The lowest BCUT2D eigenvalue weighted by Gasteiger charge is -2.17. The minimum atomic E-state index is 1.01. The molecular weight excluding hydrogens is 691 g/mol. The van der Waals surface area contributed by atoms with E-state index in [9.17, 15) is 0 Å². The molecule has 0 fully saturated rings. The predicted octanol–water partition coefficient (Wildman–Crippen LogP) is 15.4. The van der Waals surface area contributed by atoms with Gasteiger partial charge in [-0.2, -0.15) is 0 Å². The summed E-state index contributed by atoms with van der Waals surface area (Å²) in [4.78, 5) is 5.69. The number of pyridine rings is 1. The monoisotopic (exact) mass is 719 g/mol. The van der Waals surface area contributed by atoms with E-state index in [0.717, 1.165) is 22.2 Å². The molecule has 0 aliphatic heterocycles. The summed E-state index contributed by atoms with van der Waals surface area (Å²) in [5.41, 5.74) is 7.94. The Kier molecular flexibility index (Phi) is 6.44. The second-order valence-electron chi connectivity index (χ2n) is 14.2. The molecule has 12 rings (SSSR count). The molecule has 54 heavy (non-hydrogen) atoms. The number of hydrogen-bond donors (Lipinski definition) is 0. The highest BCUT2D eigenvalue weighted by atomic mass is 32.1. The molecule has 0 bridgehead atoms. The molecule has 0 aliphatic carbocycles. The molecule has 0 N–H and O–H groups in total. The second kappa shape index (κ2) is 11.6. The molecule has 9 aromatic carbocycles. The molecule has 3 aromatic heterocycles. The number of hydrogen-bond acceptors (Lipinski definition) is 3. The van der Waals surface area contributed by atoms with Crippen LogP contribution in [0.3, 0.4) is 0 Å². The van der Waals surface area contributed by atoms with Gasteiger partial charge in [0.15, 0.2) is 0 Å². The topological polar surface area (TPSA) is 12.9 Å². The van der Waals surface area contributed by atoms with Crippen molar-refractivity contribution in [3.8, 4) is 33.5 Å². The predicted molar refractivity (Wildman–Crippen MR) is 236 cm³/mol. The van der Waals surface area contributed by atoms with E-state index >= 15 is 0 Å². The largest absolute Gasteiger partial charge is 0.246 e. The van der Waals surface area contributed by atoms with E-state index in [1.54, 1.807) is 0 Å². The fourth-order valence-electron chi connectivity index (χ4n) is 8.72. The fraction of sp³-hybridized carbons (Fsp3) is 0. The van der Waals surface area contributed by atoms with Crippen LogP contribution in [0.15, 0.2) is 176 Å². The maximum absolute atomic E-state index is 5.69. The number of rotatable bonds is 3. The Bertz CT molecular complexity index is 3380. The van der Waals surface area contributed by atoms with Gasteiger partial charge in [-0.15, -0.1) is 22.7 Å². The SMILES string of the molecule is c1ccc2c(c1)sc1ccc(-c3cc(-c4ccc5sc6ccccc6c5c4)cc(-c4nc5c6ccccc6c6ccccc6c5c5ccccc45)c3)cc12. The molecule has 12 aromatic rings. The average Bonchev–Trinajstić information content (AvgIpc) is 3.81. The lowest BCUT2D eigenvalue weighted by atomic mass is 9.90. The molecule has 0 aliphatic rings. The van der Waals surface area contributed by atoms with Crippen molar-refractivity contribution in [1.82, 2.24) is 4.98 Å². The molecular formula is C51H29NS2. The van der Waals surface area contributed by atoms with Crippen LogP contribution < -0.4 is 0 Å². The molecule has 0 unspecified atom stereocenters. The summed E-state index contributed by atoms with van der Waals surface area (Å²) in [5.74, 6) is 0. The van der Waals surface area contributed by atoms with Crippen molar-refractivity contribution in [1.29, 1.82) is 0 Å². The van der Waals surface area contributed by atoms with Crippen LogP contribution in [-0.2, 0) is 0 Å². The van der Waals surface area contributed by atoms with Gasteiger partial charge in [-0.05, 0) is 98.4 Å². The second-order valence-corrected chi connectivity index (χ2v) is 16.4. The zero-order valence-electron chi connectivity index (χ0n) is 29.0. The average molecular weight is 720 g/mol. The van der Waals surface area contributed by atoms with Crippen LogP contribution in [0.4, 0.5) is 0 Å². The minimum absolute atomic E-state index is 1.01. The Morgan fingerprint density at radius 1 is 0.278 bits per heavy atom. The van der Waals surface area contributed by atoms with Gasteiger partial charge in [-0.3, -0.25) is 0 Å². The van der Waals surface area contributed by atoms with Gasteiger partial charge >= 0.3 is 0 Å². The molecule has 0 amide bonds. The molecule has 0 spiro atoms. The van der Waals surface area contributed by atoms with Crippen LogP contribution in [0.5, 0.6) is 0 Å². The van der Waals surface area contributed by atoms with Crippen LogP contribution in [0.1, 0.15) is 0 Å². The molecule has 0 saturated carbocycles. The van der Waals surface area contributed by atoms with Crippen molar-refractivity contribution >= 4 is 106 Å². The molecule has 1 nitrogen and oxygen atoms in total. The van der Waals surface area contributed by atoms with E-state index in [-0.39, 0.29) is 0 Å². The number of nitrogens with zero attached hydrogens (tertiary/aromatic N) is 1. The smallest absolute Gasteiger partial charge is 0.0800 e. The van der Waals surface area contributed by atoms with Gasteiger partial charge in [-0.1, -0.05) is 121 Å². The van der Waals surface area contributed by atoms with Gasteiger partial charge < -0.3 is 0 Å². The Balaban J connectivity index is 1.17.